The Kier molecular flexibility index (Phi) is 9.07. The summed E-state index contributed by atoms with van der Waals surface area (Å²) >= 11 is 24.5. The molecule has 3 rings (SSSR count). The van der Waals surface area contributed by atoms with Crippen LogP contribution in [0, 0.1) is 0 Å². The van der Waals surface area contributed by atoms with Gasteiger partial charge in [0.1, 0.15) is 10.1 Å². The Balaban J connectivity index is 1.65. The highest BCUT2D eigenvalue weighted by Crippen LogP contribution is 2.34. The summed E-state index contributed by atoms with van der Waals surface area (Å²) in [5.74, 6) is -0.0210. The minimum atomic E-state index is -1.85. The van der Waals surface area contributed by atoms with Crippen LogP contribution in [0.25, 0.3) is 6.08 Å². The molecule has 0 radical (unpaired) electrons. The number of ether oxygens (including phenoxy) is 1. The van der Waals surface area contributed by atoms with Gasteiger partial charge in [0.15, 0.2) is 0 Å². The second-order valence-electron chi connectivity index (χ2n) is 7.10. The highest BCUT2D eigenvalue weighted by atomic mass is 35.6. The lowest BCUT2D eigenvalue weighted by atomic mass is 10.1. The fourth-order valence-corrected chi connectivity index (χ4v) is 4.54. The smallest absolute Gasteiger partial charge is 0.266 e. The molecule has 0 aliphatic carbocycles. The van der Waals surface area contributed by atoms with E-state index in [1.165, 1.54) is 11.8 Å². The highest BCUT2D eigenvalue weighted by Gasteiger charge is 2.36. The van der Waals surface area contributed by atoms with E-state index >= 15 is 0 Å². The zero-order chi connectivity index (χ0) is 24.0. The van der Waals surface area contributed by atoms with Crippen LogP contribution in [-0.4, -0.2) is 37.6 Å². The van der Waals surface area contributed by atoms with Crippen molar-refractivity contribution in [3.8, 4) is 5.75 Å². The van der Waals surface area contributed by atoms with Gasteiger partial charge < -0.3 is 10.1 Å². The van der Waals surface area contributed by atoms with Crippen LogP contribution in [-0.2, 0) is 16.0 Å². The fraction of sp³-hybridized carbons (Fsp3) is 0.261. The molecule has 2 aromatic rings. The summed E-state index contributed by atoms with van der Waals surface area (Å²) < 4.78 is 4.35. The minimum Gasteiger partial charge on any atom is -0.466 e. The maximum Gasteiger partial charge on any atom is 0.266 e. The predicted octanol–water partition coefficient (Wildman–Crippen LogP) is 5.73. The third-order valence-electron chi connectivity index (χ3n) is 4.68. The van der Waals surface area contributed by atoms with Crippen LogP contribution in [0.4, 0.5) is 0 Å². The average molecular weight is 544 g/mol. The lowest BCUT2D eigenvalue weighted by molar-refractivity contribution is -0.123. The van der Waals surface area contributed by atoms with Gasteiger partial charge in [-0.05, 0) is 35.8 Å². The monoisotopic (exact) mass is 542 g/mol. The molecule has 2 aromatic carbocycles. The summed E-state index contributed by atoms with van der Waals surface area (Å²) in [5, 5.41) is 2.53. The Hall–Kier alpha value is -1.77. The number of hydrogen-bond donors (Lipinski definition) is 1. The lowest BCUT2D eigenvalue weighted by Crippen LogP contribution is -2.47. The van der Waals surface area contributed by atoms with Gasteiger partial charge in [0.05, 0.1) is 4.91 Å². The van der Waals surface area contributed by atoms with Gasteiger partial charge in [-0.15, -0.1) is 0 Å². The van der Waals surface area contributed by atoms with Crippen molar-refractivity contribution in [1.82, 2.24) is 10.2 Å². The van der Waals surface area contributed by atoms with Gasteiger partial charge >= 0.3 is 0 Å². The van der Waals surface area contributed by atoms with Gasteiger partial charge in [0, 0.05) is 13.0 Å². The molecule has 1 N–H and O–H groups in total. The molecule has 1 heterocycles. The first-order valence-electron chi connectivity index (χ1n) is 10.1. The van der Waals surface area contributed by atoms with Crippen molar-refractivity contribution in [2.45, 2.75) is 29.8 Å². The maximum atomic E-state index is 12.8. The first-order valence-corrected chi connectivity index (χ1v) is 12.5. The first kappa shape index (κ1) is 25.8. The fourth-order valence-electron chi connectivity index (χ4n) is 2.93. The molecule has 0 spiro atoms. The number of thiocarbonyl (C=S) groups is 1. The number of rotatable bonds is 8. The molecule has 174 valence electrons. The van der Waals surface area contributed by atoms with Crippen molar-refractivity contribution in [3.05, 3.63) is 70.6 Å². The Morgan fingerprint density at radius 1 is 1.18 bits per heavy atom. The van der Waals surface area contributed by atoms with Gasteiger partial charge in [-0.25, -0.2) is 0 Å². The first-order chi connectivity index (χ1) is 15.7. The van der Waals surface area contributed by atoms with E-state index in [1.54, 1.807) is 42.2 Å². The molecule has 33 heavy (non-hydrogen) atoms. The van der Waals surface area contributed by atoms with Crippen LogP contribution in [0.3, 0.4) is 0 Å². The van der Waals surface area contributed by atoms with E-state index in [0.29, 0.717) is 21.5 Å². The molecule has 0 bridgehead atoms. The normalized spacial score (nSPS) is 16.2. The Labute approximate surface area is 217 Å². The molecule has 0 aromatic heterocycles. The highest BCUT2D eigenvalue weighted by molar-refractivity contribution is 8.26. The van der Waals surface area contributed by atoms with Gasteiger partial charge in [-0.1, -0.05) is 108 Å². The molecule has 1 atom stereocenters. The van der Waals surface area contributed by atoms with E-state index in [2.05, 4.69) is 5.32 Å². The second-order valence-corrected chi connectivity index (χ2v) is 11.1. The maximum absolute atomic E-state index is 12.8. The summed E-state index contributed by atoms with van der Waals surface area (Å²) in [7, 11) is 0. The largest absolute Gasteiger partial charge is 0.466 e. The number of nitrogens with zero attached hydrogens (tertiary/aromatic N) is 1. The number of benzene rings is 2. The number of alkyl halides is 3. The molecule has 5 nitrogen and oxygen atoms in total. The number of halogens is 3. The number of nitrogens with one attached hydrogen (secondary N) is 1. The van der Waals surface area contributed by atoms with Crippen LogP contribution in [0.15, 0.2) is 59.5 Å². The van der Waals surface area contributed by atoms with Crippen molar-refractivity contribution >= 4 is 81.0 Å². The van der Waals surface area contributed by atoms with Crippen LogP contribution >= 0.6 is 58.8 Å². The van der Waals surface area contributed by atoms with Crippen LogP contribution < -0.4 is 10.1 Å². The van der Waals surface area contributed by atoms with E-state index in [1.807, 2.05) is 30.3 Å². The molecule has 1 saturated heterocycles. The van der Waals surface area contributed by atoms with Crippen molar-refractivity contribution in [3.63, 3.8) is 0 Å². The molecule has 10 heteroatoms. The van der Waals surface area contributed by atoms with Crippen molar-refractivity contribution in [2.75, 3.05) is 6.54 Å². The van der Waals surface area contributed by atoms with Crippen molar-refractivity contribution in [2.24, 2.45) is 0 Å². The topological polar surface area (TPSA) is 58.6 Å². The standard InChI is InChI=1S/C23H21Cl3N2O3S2/c1-2-19(29)27-21(23(24,25)26)31-17-10-8-16(9-11-17)14-18-20(30)28(22(32)33-18)13-12-15-6-4-3-5-7-15/h3-11,14,21H,2,12-13H2,1H3,(H,27,29)/b18-14-/t21-/m0/s1. The molecule has 1 fully saturated rings. The molecule has 1 aliphatic rings. The molecule has 0 unspecified atom stereocenters. The molecule has 2 amide bonds. The van der Waals surface area contributed by atoms with E-state index in [4.69, 9.17) is 51.8 Å². The Bertz CT molecular complexity index is 1040. The van der Waals surface area contributed by atoms with Crippen molar-refractivity contribution in [1.29, 1.82) is 0 Å². The van der Waals surface area contributed by atoms with Crippen molar-refractivity contribution < 1.29 is 14.3 Å². The number of carbonyl (C=O) groups is 2. The second kappa shape index (κ2) is 11.6. The third-order valence-corrected chi connectivity index (χ3v) is 6.66. The van der Waals surface area contributed by atoms with Crippen LogP contribution in [0.1, 0.15) is 24.5 Å². The summed E-state index contributed by atoms with van der Waals surface area (Å²) in [6.45, 7) is 2.21. The van der Waals surface area contributed by atoms with Gasteiger partial charge in [-0.3, -0.25) is 14.5 Å². The number of carbonyl (C=O) groups excluding carboxylic acids is 2. The zero-order valence-electron chi connectivity index (χ0n) is 17.6. The van der Waals surface area contributed by atoms with Gasteiger partial charge in [0.2, 0.25) is 15.9 Å². The minimum absolute atomic E-state index is 0.111. The molecule has 1 aliphatic heterocycles. The summed E-state index contributed by atoms with van der Waals surface area (Å²) in [6.07, 6.45) is 1.58. The van der Waals surface area contributed by atoms with E-state index in [0.717, 1.165) is 17.5 Å². The predicted molar refractivity (Wildman–Crippen MR) is 140 cm³/mol. The summed E-state index contributed by atoms with van der Waals surface area (Å²) in [5.41, 5.74) is 1.93. The summed E-state index contributed by atoms with van der Waals surface area (Å²) in [6, 6.07) is 16.8. The van der Waals surface area contributed by atoms with Crippen LogP contribution in [0.5, 0.6) is 5.75 Å². The number of thioether (sulfide) groups is 1. The average Bonchev–Trinajstić information content (AvgIpc) is 3.05. The third kappa shape index (κ3) is 7.36. The van der Waals surface area contributed by atoms with Crippen LogP contribution in [0.2, 0.25) is 0 Å². The van der Waals surface area contributed by atoms with E-state index in [-0.39, 0.29) is 18.2 Å². The molecule has 0 saturated carbocycles. The zero-order valence-corrected chi connectivity index (χ0v) is 21.5. The molecular weight excluding hydrogens is 523 g/mol. The quantitative estimate of drug-likeness (QED) is 0.199. The van der Waals surface area contributed by atoms with Gasteiger partial charge in [-0.2, -0.15) is 0 Å². The Morgan fingerprint density at radius 2 is 1.85 bits per heavy atom. The summed E-state index contributed by atoms with van der Waals surface area (Å²) in [4.78, 5) is 26.7. The Morgan fingerprint density at radius 3 is 2.45 bits per heavy atom. The molecular formula is C23H21Cl3N2O3S2. The van der Waals surface area contributed by atoms with E-state index in [9.17, 15) is 9.59 Å². The number of hydrogen-bond acceptors (Lipinski definition) is 5. The van der Waals surface area contributed by atoms with Gasteiger partial charge in [0.25, 0.3) is 5.91 Å². The number of amides is 2. The van der Waals surface area contributed by atoms with E-state index < -0.39 is 10.0 Å². The SMILES string of the molecule is CCC(=O)N[C@@H](Oc1ccc(/C=C2\SC(=S)N(CCc3ccccc3)C2=O)cc1)C(Cl)(Cl)Cl. The lowest BCUT2D eigenvalue weighted by Gasteiger charge is -2.26.